The van der Waals surface area contributed by atoms with Crippen LogP contribution in [0.5, 0.6) is 0 Å². The zero-order chi connectivity index (χ0) is 24.1. The number of benzene rings is 2. The van der Waals surface area contributed by atoms with E-state index in [1.54, 1.807) is 54.6 Å². The Morgan fingerprint density at radius 2 is 1.82 bits per heavy atom. The molecule has 0 amide bonds. The smallest absolute Gasteiger partial charge is 0.326 e. The van der Waals surface area contributed by atoms with Crippen LogP contribution in [0, 0.1) is 0 Å². The first-order chi connectivity index (χ1) is 16.2. The number of sulfonamides is 1. The first kappa shape index (κ1) is 23.5. The molecule has 3 atom stereocenters. The number of ether oxygens (including phenoxy) is 1. The number of thiophene rings is 1. The Labute approximate surface area is 206 Å². The molecule has 178 valence electrons. The number of nitrogens with zero attached hydrogens (tertiary/aromatic N) is 1. The van der Waals surface area contributed by atoms with Crippen molar-refractivity contribution in [1.82, 2.24) is 4.31 Å². The van der Waals surface area contributed by atoms with E-state index in [1.165, 1.54) is 6.07 Å². The number of aliphatic carboxylic acids is 1. The highest BCUT2D eigenvalue weighted by Gasteiger charge is 2.79. The van der Waals surface area contributed by atoms with E-state index < -0.39 is 39.7 Å². The van der Waals surface area contributed by atoms with Crippen molar-refractivity contribution in [3.63, 3.8) is 0 Å². The predicted octanol–water partition coefficient (Wildman–Crippen LogP) is 3.62. The maximum atomic E-state index is 13.9. The molecule has 1 aliphatic heterocycles. The van der Waals surface area contributed by atoms with E-state index in [0.717, 1.165) is 26.1 Å². The molecule has 1 saturated carbocycles. The molecule has 3 aromatic rings. The Morgan fingerprint density at radius 1 is 1.12 bits per heavy atom. The molecular weight excluding hydrogens is 498 g/mol. The molecule has 0 spiro atoms. The first-order valence-corrected chi connectivity index (χ1v) is 13.3. The van der Waals surface area contributed by atoms with E-state index in [4.69, 9.17) is 16.3 Å². The molecule has 1 saturated heterocycles. The Kier molecular flexibility index (Phi) is 5.83. The van der Waals surface area contributed by atoms with Crippen molar-refractivity contribution in [1.29, 1.82) is 0 Å². The third-order valence-corrected chi connectivity index (χ3v) is 10.5. The highest BCUT2D eigenvalue weighted by molar-refractivity contribution is 7.91. The SMILES string of the molecule is O=C(O)[C@@]12C[C@]1(c1ccccc1)COC(CO)CN2S(=O)(=O)c1ccc(-c2ccc(Cl)cc2)s1. The maximum absolute atomic E-state index is 13.9. The number of aliphatic hydroxyl groups excluding tert-OH is 1. The summed E-state index contributed by atoms with van der Waals surface area (Å²) in [6.07, 6.45) is -0.748. The number of carboxylic acid groups (broad SMARTS) is 1. The highest BCUT2D eigenvalue weighted by atomic mass is 35.5. The summed E-state index contributed by atoms with van der Waals surface area (Å²) >= 11 is 7.03. The highest BCUT2D eigenvalue weighted by Crippen LogP contribution is 2.64. The van der Waals surface area contributed by atoms with Gasteiger partial charge in [-0.3, -0.25) is 4.79 Å². The van der Waals surface area contributed by atoms with Gasteiger partial charge in [0.15, 0.2) is 0 Å². The van der Waals surface area contributed by atoms with Crippen molar-refractivity contribution in [2.75, 3.05) is 19.8 Å². The predicted molar refractivity (Wildman–Crippen MR) is 129 cm³/mol. The summed E-state index contributed by atoms with van der Waals surface area (Å²) < 4.78 is 34.8. The largest absolute Gasteiger partial charge is 0.480 e. The number of fused-ring (bicyclic) bond motifs is 1. The fourth-order valence-corrected chi connectivity index (χ4v) is 8.24. The summed E-state index contributed by atoms with van der Waals surface area (Å²) in [6, 6.07) is 19.2. The average Bonchev–Trinajstić information content (AvgIpc) is 3.30. The summed E-state index contributed by atoms with van der Waals surface area (Å²) in [5, 5.41) is 20.8. The average molecular weight is 520 g/mol. The van der Waals surface area contributed by atoms with Crippen LogP contribution in [0.15, 0.2) is 70.9 Å². The van der Waals surface area contributed by atoms with E-state index in [9.17, 15) is 23.4 Å². The third-order valence-electron chi connectivity index (χ3n) is 6.72. The second-order valence-corrected chi connectivity index (χ2v) is 12.2. The number of hydrogen-bond donors (Lipinski definition) is 2. The third kappa shape index (κ3) is 3.50. The molecule has 2 heterocycles. The fourth-order valence-electron chi connectivity index (χ4n) is 4.86. The Morgan fingerprint density at radius 3 is 2.47 bits per heavy atom. The minimum absolute atomic E-state index is 0.00102. The molecule has 2 aromatic carbocycles. The van der Waals surface area contributed by atoms with Crippen LogP contribution < -0.4 is 0 Å². The second-order valence-electron chi connectivity index (χ2n) is 8.57. The van der Waals surface area contributed by atoms with Crippen LogP contribution in [-0.4, -0.2) is 60.3 Å². The van der Waals surface area contributed by atoms with Crippen LogP contribution in [0.3, 0.4) is 0 Å². The minimum atomic E-state index is -4.23. The Bertz CT molecular complexity index is 1330. The van der Waals surface area contributed by atoms with Gasteiger partial charge in [-0.25, -0.2) is 8.42 Å². The molecule has 2 fully saturated rings. The van der Waals surface area contributed by atoms with E-state index in [-0.39, 0.29) is 23.8 Å². The molecule has 0 radical (unpaired) electrons. The van der Waals surface area contributed by atoms with Crippen molar-refractivity contribution in [2.45, 2.75) is 27.7 Å². The molecule has 2 N–H and O–H groups in total. The summed E-state index contributed by atoms with van der Waals surface area (Å²) in [5.74, 6) is -1.23. The first-order valence-electron chi connectivity index (χ1n) is 10.6. The summed E-state index contributed by atoms with van der Waals surface area (Å²) in [7, 11) is -4.23. The van der Waals surface area contributed by atoms with Crippen LogP contribution >= 0.6 is 22.9 Å². The van der Waals surface area contributed by atoms with Crippen molar-refractivity contribution >= 4 is 38.9 Å². The number of carboxylic acids is 1. The standard InChI is InChI=1S/C24H22ClNO6S2/c25-18-8-6-16(7-9-18)20-10-11-21(33-20)34(30,31)26-12-19(13-27)32-15-23(14-24(23,26)22(28)29)17-4-2-1-3-5-17/h1-11,19,27H,12-15H2,(H,28,29)/t19?,23-,24+/m1/s1. The van der Waals surface area contributed by atoms with Crippen LogP contribution in [0.2, 0.25) is 5.02 Å². The van der Waals surface area contributed by atoms with Crippen LogP contribution in [0.1, 0.15) is 12.0 Å². The lowest BCUT2D eigenvalue weighted by Crippen LogP contribution is -2.53. The number of carbonyl (C=O) groups is 1. The van der Waals surface area contributed by atoms with Gasteiger partial charge in [-0.1, -0.05) is 54.1 Å². The van der Waals surface area contributed by atoms with Crippen molar-refractivity contribution in [2.24, 2.45) is 0 Å². The number of hydrogen-bond acceptors (Lipinski definition) is 6. The van der Waals surface area contributed by atoms with Gasteiger partial charge in [-0.15, -0.1) is 11.3 Å². The molecule has 5 rings (SSSR count). The maximum Gasteiger partial charge on any atom is 0.326 e. The van der Waals surface area contributed by atoms with Crippen molar-refractivity contribution in [3.05, 3.63) is 77.3 Å². The van der Waals surface area contributed by atoms with Gasteiger partial charge in [0, 0.05) is 16.4 Å². The molecule has 2 aliphatic rings. The second kappa shape index (κ2) is 8.44. The minimum Gasteiger partial charge on any atom is -0.480 e. The van der Waals surface area contributed by atoms with E-state index in [2.05, 4.69) is 0 Å². The van der Waals surface area contributed by atoms with Gasteiger partial charge in [0.25, 0.3) is 10.0 Å². The molecule has 1 aliphatic carbocycles. The lowest BCUT2D eigenvalue weighted by molar-refractivity contribution is -0.143. The molecule has 7 nitrogen and oxygen atoms in total. The van der Waals surface area contributed by atoms with Gasteiger partial charge >= 0.3 is 5.97 Å². The molecule has 1 unspecified atom stereocenters. The Hall–Kier alpha value is -2.27. The Balaban J connectivity index is 1.60. The van der Waals surface area contributed by atoms with Gasteiger partial charge in [0.05, 0.1) is 24.7 Å². The lowest BCUT2D eigenvalue weighted by Gasteiger charge is -2.30. The lowest BCUT2D eigenvalue weighted by atomic mass is 9.91. The zero-order valence-electron chi connectivity index (χ0n) is 17.9. The molecule has 1 aromatic heterocycles. The molecule has 10 heteroatoms. The monoisotopic (exact) mass is 519 g/mol. The fraction of sp³-hybridized carbons (Fsp3) is 0.292. The summed E-state index contributed by atoms with van der Waals surface area (Å²) in [5.41, 5.74) is -1.25. The zero-order valence-corrected chi connectivity index (χ0v) is 20.3. The van der Waals surface area contributed by atoms with Gasteiger partial charge in [-0.05, 0) is 41.8 Å². The number of rotatable bonds is 6. The normalized spacial score (nSPS) is 27.1. The summed E-state index contributed by atoms with van der Waals surface area (Å²) in [6.45, 7) is -0.679. The van der Waals surface area contributed by atoms with Gasteiger partial charge in [-0.2, -0.15) is 4.31 Å². The quantitative estimate of drug-likeness (QED) is 0.515. The van der Waals surface area contributed by atoms with Crippen LogP contribution in [0.4, 0.5) is 0 Å². The van der Waals surface area contributed by atoms with Crippen LogP contribution in [0.25, 0.3) is 10.4 Å². The summed E-state index contributed by atoms with van der Waals surface area (Å²) in [4.78, 5) is 13.5. The van der Waals surface area contributed by atoms with Gasteiger partial charge in [0.2, 0.25) is 0 Å². The van der Waals surface area contributed by atoms with Crippen LogP contribution in [-0.2, 0) is 25.0 Å². The van der Waals surface area contributed by atoms with Gasteiger partial charge < -0.3 is 14.9 Å². The van der Waals surface area contributed by atoms with Gasteiger partial charge in [0.1, 0.15) is 9.75 Å². The molecule has 0 bridgehead atoms. The van der Waals surface area contributed by atoms with E-state index in [0.29, 0.717) is 10.6 Å². The number of halogens is 1. The van der Waals surface area contributed by atoms with E-state index >= 15 is 0 Å². The van der Waals surface area contributed by atoms with Crippen molar-refractivity contribution < 1.29 is 28.2 Å². The molecule has 34 heavy (non-hydrogen) atoms. The van der Waals surface area contributed by atoms with E-state index in [1.807, 2.05) is 6.07 Å². The van der Waals surface area contributed by atoms with Crippen molar-refractivity contribution in [3.8, 4) is 10.4 Å². The number of aliphatic hydroxyl groups is 1. The molecular formula is C24H22ClNO6S2. The topological polar surface area (TPSA) is 104 Å².